The zero-order valence-electron chi connectivity index (χ0n) is 8.39. The molecule has 0 radical (unpaired) electrons. The van der Waals surface area contributed by atoms with Crippen molar-refractivity contribution in [2.75, 3.05) is 0 Å². The quantitative estimate of drug-likeness (QED) is 0.860. The molecule has 1 saturated carbocycles. The first-order chi connectivity index (χ1) is 7.34. The molecule has 15 heavy (non-hydrogen) atoms. The summed E-state index contributed by atoms with van der Waals surface area (Å²) in [6.07, 6.45) is 3.00. The highest BCUT2D eigenvalue weighted by Crippen LogP contribution is 2.35. The first-order valence-corrected chi connectivity index (χ1v) is 6.13. The largest absolute Gasteiger partial charge is 0.392 e. The fraction of sp³-hybridized carbons (Fsp3) is 0.417. The van der Waals surface area contributed by atoms with E-state index in [0.29, 0.717) is 5.92 Å². The summed E-state index contributed by atoms with van der Waals surface area (Å²) < 4.78 is 4.38. The van der Waals surface area contributed by atoms with Crippen LogP contribution in [-0.4, -0.2) is 15.6 Å². The average molecular weight is 219 g/mol. The zero-order chi connectivity index (χ0) is 10.3. The lowest BCUT2D eigenvalue weighted by atomic mass is 10.1. The van der Waals surface area contributed by atoms with Crippen molar-refractivity contribution in [3.8, 4) is 0 Å². The zero-order valence-corrected chi connectivity index (χ0v) is 9.20. The standard InChI is InChI=1S/C12H13NOS/c14-11(8-5-6-8)7-12-9-3-1-2-4-10(9)13-15-12/h1-4,8,11,14H,5-7H2. The molecule has 1 fully saturated rings. The monoisotopic (exact) mass is 219 g/mol. The second-order valence-corrected chi connectivity index (χ2v) is 5.09. The van der Waals surface area contributed by atoms with Gasteiger partial charge < -0.3 is 5.11 Å². The van der Waals surface area contributed by atoms with Gasteiger partial charge >= 0.3 is 0 Å². The van der Waals surface area contributed by atoms with Crippen LogP contribution in [0.3, 0.4) is 0 Å². The number of aliphatic hydroxyl groups is 1. The number of aliphatic hydroxyl groups excluding tert-OH is 1. The molecule has 1 atom stereocenters. The summed E-state index contributed by atoms with van der Waals surface area (Å²) in [5, 5.41) is 11.1. The molecule has 1 heterocycles. The molecule has 3 rings (SSSR count). The summed E-state index contributed by atoms with van der Waals surface area (Å²) in [5.41, 5.74) is 1.06. The maximum absolute atomic E-state index is 9.90. The van der Waals surface area contributed by atoms with E-state index < -0.39 is 0 Å². The van der Waals surface area contributed by atoms with Gasteiger partial charge in [0.15, 0.2) is 0 Å². The lowest BCUT2D eigenvalue weighted by Gasteiger charge is -2.06. The number of fused-ring (bicyclic) bond motifs is 1. The Hall–Kier alpha value is -0.930. The Balaban J connectivity index is 1.90. The minimum atomic E-state index is -0.158. The molecule has 1 aromatic carbocycles. The van der Waals surface area contributed by atoms with Crippen LogP contribution in [0.15, 0.2) is 24.3 Å². The van der Waals surface area contributed by atoms with Crippen molar-refractivity contribution in [3.63, 3.8) is 0 Å². The van der Waals surface area contributed by atoms with Crippen LogP contribution in [0.5, 0.6) is 0 Å². The summed E-state index contributed by atoms with van der Waals surface area (Å²) in [6.45, 7) is 0. The van der Waals surface area contributed by atoms with E-state index in [0.717, 1.165) is 11.9 Å². The normalized spacial score (nSPS) is 18.2. The number of nitrogens with zero attached hydrogens (tertiary/aromatic N) is 1. The molecule has 2 nitrogen and oxygen atoms in total. The van der Waals surface area contributed by atoms with E-state index in [1.54, 1.807) is 0 Å². The van der Waals surface area contributed by atoms with Gasteiger partial charge in [-0.1, -0.05) is 18.2 Å². The fourth-order valence-corrected chi connectivity index (χ4v) is 2.81. The van der Waals surface area contributed by atoms with Crippen molar-refractivity contribution < 1.29 is 5.11 Å². The smallest absolute Gasteiger partial charge is 0.0843 e. The maximum atomic E-state index is 9.90. The van der Waals surface area contributed by atoms with Gasteiger partial charge in [-0.15, -0.1) is 0 Å². The summed E-state index contributed by atoms with van der Waals surface area (Å²) in [7, 11) is 0. The third-order valence-corrected chi connectivity index (χ3v) is 3.91. The molecular formula is C12H13NOS. The molecule has 0 saturated heterocycles. The molecule has 1 unspecified atom stereocenters. The minimum absolute atomic E-state index is 0.158. The molecule has 0 aliphatic heterocycles. The second kappa shape index (κ2) is 3.58. The van der Waals surface area contributed by atoms with E-state index in [-0.39, 0.29) is 6.10 Å². The Morgan fingerprint density at radius 2 is 2.20 bits per heavy atom. The van der Waals surface area contributed by atoms with Gasteiger partial charge in [0.2, 0.25) is 0 Å². The van der Waals surface area contributed by atoms with Gasteiger partial charge in [0.05, 0.1) is 11.6 Å². The number of hydrogen-bond donors (Lipinski definition) is 1. The van der Waals surface area contributed by atoms with Gasteiger partial charge in [-0.3, -0.25) is 0 Å². The van der Waals surface area contributed by atoms with Crippen LogP contribution in [0.2, 0.25) is 0 Å². The van der Waals surface area contributed by atoms with E-state index in [9.17, 15) is 5.11 Å². The first-order valence-electron chi connectivity index (χ1n) is 5.36. The molecule has 3 heteroatoms. The Kier molecular flexibility index (Phi) is 2.22. The minimum Gasteiger partial charge on any atom is -0.392 e. The van der Waals surface area contributed by atoms with Gasteiger partial charge in [-0.25, -0.2) is 0 Å². The van der Waals surface area contributed by atoms with Crippen LogP contribution in [0.4, 0.5) is 0 Å². The molecular weight excluding hydrogens is 206 g/mol. The second-order valence-electron chi connectivity index (χ2n) is 4.23. The highest BCUT2D eigenvalue weighted by Gasteiger charge is 2.30. The molecule has 0 bridgehead atoms. The van der Waals surface area contributed by atoms with Gasteiger partial charge in [-0.2, -0.15) is 4.37 Å². The van der Waals surface area contributed by atoms with Crippen molar-refractivity contribution in [1.29, 1.82) is 0 Å². The molecule has 0 spiro atoms. The Bertz CT molecular complexity index is 475. The third kappa shape index (κ3) is 1.77. The Morgan fingerprint density at radius 3 is 3.00 bits per heavy atom. The van der Waals surface area contributed by atoms with Crippen LogP contribution in [0.1, 0.15) is 17.7 Å². The van der Waals surface area contributed by atoms with Gasteiger partial charge in [0, 0.05) is 16.7 Å². The van der Waals surface area contributed by atoms with Crippen LogP contribution in [-0.2, 0) is 6.42 Å². The van der Waals surface area contributed by atoms with Gasteiger partial charge in [0.25, 0.3) is 0 Å². The Labute approximate surface area is 92.7 Å². The van der Waals surface area contributed by atoms with Crippen molar-refractivity contribution in [2.45, 2.75) is 25.4 Å². The molecule has 0 amide bonds. The summed E-state index contributed by atoms with van der Waals surface area (Å²) in [4.78, 5) is 1.23. The van der Waals surface area contributed by atoms with E-state index in [1.165, 1.54) is 34.6 Å². The fourth-order valence-electron chi connectivity index (χ4n) is 1.93. The topological polar surface area (TPSA) is 33.1 Å². The lowest BCUT2D eigenvalue weighted by Crippen LogP contribution is -2.11. The third-order valence-electron chi connectivity index (χ3n) is 3.02. The molecule has 1 aromatic heterocycles. The van der Waals surface area contributed by atoms with Crippen molar-refractivity contribution >= 4 is 22.4 Å². The van der Waals surface area contributed by atoms with Crippen LogP contribution in [0, 0.1) is 5.92 Å². The number of hydrogen-bond acceptors (Lipinski definition) is 3. The van der Waals surface area contributed by atoms with Crippen LogP contribution < -0.4 is 0 Å². The predicted octanol–water partition coefficient (Wildman–Crippen LogP) is 2.61. The maximum Gasteiger partial charge on any atom is 0.0843 e. The lowest BCUT2D eigenvalue weighted by molar-refractivity contribution is 0.153. The summed E-state index contributed by atoms with van der Waals surface area (Å²) in [5.74, 6) is 0.547. The first kappa shape index (κ1) is 9.31. The van der Waals surface area contributed by atoms with E-state index in [1.807, 2.05) is 18.2 Å². The van der Waals surface area contributed by atoms with E-state index >= 15 is 0 Å². The highest BCUT2D eigenvalue weighted by atomic mass is 32.1. The summed E-state index contributed by atoms with van der Waals surface area (Å²) in [6, 6.07) is 8.15. The van der Waals surface area contributed by atoms with Gasteiger partial charge in [-0.05, 0) is 36.4 Å². The van der Waals surface area contributed by atoms with Crippen molar-refractivity contribution in [1.82, 2.24) is 4.37 Å². The van der Waals surface area contributed by atoms with Crippen molar-refractivity contribution in [2.24, 2.45) is 5.92 Å². The molecule has 1 N–H and O–H groups in total. The SMILES string of the molecule is OC(Cc1snc2ccccc12)C1CC1. The van der Waals surface area contributed by atoms with E-state index in [4.69, 9.17) is 0 Å². The van der Waals surface area contributed by atoms with Crippen molar-refractivity contribution in [3.05, 3.63) is 29.1 Å². The highest BCUT2D eigenvalue weighted by molar-refractivity contribution is 7.07. The summed E-state index contributed by atoms with van der Waals surface area (Å²) >= 11 is 1.53. The molecule has 2 aromatic rings. The number of benzene rings is 1. The number of aromatic nitrogens is 1. The molecule has 1 aliphatic carbocycles. The predicted molar refractivity (Wildman–Crippen MR) is 62.1 cm³/mol. The molecule has 78 valence electrons. The van der Waals surface area contributed by atoms with Crippen LogP contribution in [0.25, 0.3) is 10.9 Å². The van der Waals surface area contributed by atoms with Gasteiger partial charge in [0.1, 0.15) is 0 Å². The molecule has 1 aliphatic rings. The van der Waals surface area contributed by atoms with E-state index in [2.05, 4.69) is 10.4 Å². The average Bonchev–Trinajstić information content (AvgIpc) is 3.03. The van der Waals surface area contributed by atoms with Crippen LogP contribution >= 0.6 is 11.5 Å². The Morgan fingerprint density at radius 1 is 1.40 bits per heavy atom. The number of rotatable bonds is 3.